The van der Waals surface area contributed by atoms with Gasteiger partial charge in [0.15, 0.2) is 11.5 Å². The van der Waals surface area contributed by atoms with Crippen LogP contribution in [-0.2, 0) is 5.75 Å². The molecule has 0 aromatic heterocycles. The second-order valence-electron chi connectivity index (χ2n) is 5.12. The van der Waals surface area contributed by atoms with Gasteiger partial charge in [-0.15, -0.1) is 0 Å². The monoisotopic (exact) mass is 357 g/mol. The topological polar surface area (TPSA) is 30.5 Å². The predicted octanol–water partition coefficient (Wildman–Crippen LogP) is 3.90. The number of fused-ring (bicyclic) bond motifs is 3. The number of rotatable bonds is 3. The summed E-state index contributed by atoms with van der Waals surface area (Å²) in [5.74, 6) is 4.07. The van der Waals surface area contributed by atoms with E-state index in [9.17, 15) is 0 Å². The molecule has 1 aromatic rings. The molecular formula is C15H20BrNO2S. The highest BCUT2D eigenvalue weighted by Crippen LogP contribution is 2.46. The van der Waals surface area contributed by atoms with Crippen LogP contribution in [0.1, 0.15) is 36.9 Å². The number of halogens is 1. The highest BCUT2D eigenvalue weighted by molar-refractivity contribution is 9.10. The molecule has 2 aliphatic rings. The quantitative estimate of drug-likeness (QED) is 0.888. The van der Waals surface area contributed by atoms with E-state index in [1.165, 1.54) is 16.9 Å². The normalized spacial score (nSPS) is 21.2. The van der Waals surface area contributed by atoms with Crippen LogP contribution >= 0.6 is 27.7 Å². The number of hydrogen-bond acceptors (Lipinski definition) is 4. The average Bonchev–Trinajstić information content (AvgIpc) is 2.68. The molecule has 3 rings (SSSR count). The van der Waals surface area contributed by atoms with Crippen molar-refractivity contribution in [3.8, 4) is 11.5 Å². The van der Waals surface area contributed by atoms with Gasteiger partial charge in [-0.3, -0.25) is 0 Å². The van der Waals surface area contributed by atoms with Gasteiger partial charge in [0.2, 0.25) is 0 Å². The van der Waals surface area contributed by atoms with Crippen LogP contribution in [0, 0.1) is 0 Å². The number of ether oxygens (including phenoxy) is 2. The van der Waals surface area contributed by atoms with Crippen LogP contribution in [0.3, 0.4) is 0 Å². The van der Waals surface area contributed by atoms with Crippen molar-refractivity contribution in [2.45, 2.75) is 31.6 Å². The van der Waals surface area contributed by atoms with Gasteiger partial charge in [-0.05, 0) is 36.8 Å². The Balaban J connectivity index is 2.06. The fraction of sp³-hybridized carbons (Fsp3) is 0.600. The number of benzene rings is 1. The molecule has 0 bridgehead atoms. The molecule has 0 saturated heterocycles. The Morgan fingerprint density at radius 2 is 2.25 bits per heavy atom. The molecule has 2 heterocycles. The molecule has 1 aromatic carbocycles. The van der Waals surface area contributed by atoms with E-state index in [2.05, 4.69) is 34.2 Å². The van der Waals surface area contributed by atoms with Gasteiger partial charge in [-0.25, -0.2) is 0 Å². The Morgan fingerprint density at radius 3 is 3.10 bits per heavy atom. The van der Waals surface area contributed by atoms with Crippen molar-refractivity contribution in [3.63, 3.8) is 0 Å². The summed E-state index contributed by atoms with van der Waals surface area (Å²) in [6, 6.07) is 2.43. The fourth-order valence-corrected chi connectivity index (χ4v) is 4.58. The maximum absolute atomic E-state index is 5.95. The first kappa shape index (κ1) is 14.5. The minimum Gasteiger partial charge on any atom is -0.486 e. The lowest BCUT2D eigenvalue weighted by Gasteiger charge is -2.27. The number of nitrogens with one attached hydrogen (secondary N) is 1. The zero-order valence-corrected chi connectivity index (χ0v) is 14.1. The molecule has 0 fully saturated rings. The zero-order chi connectivity index (χ0) is 13.9. The SMILES string of the molecule is CCCNC1CCSCc2c(Br)cc3c(c21)OCCO3. The van der Waals surface area contributed by atoms with Crippen molar-refractivity contribution in [1.82, 2.24) is 5.32 Å². The van der Waals surface area contributed by atoms with E-state index in [4.69, 9.17) is 9.47 Å². The molecule has 0 radical (unpaired) electrons. The molecule has 110 valence electrons. The zero-order valence-electron chi connectivity index (χ0n) is 11.7. The van der Waals surface area contributed by atoms with Crippen LogP contribution in [0.4, 0.5) is 0 Å². The van der Waals surface area contributed by atoms with Crippen LogP contribution in [0.5, 0.6) is 11.5 Å². The molecule has 0 aliphatic carbocycles. The smallest absolute Gasteiger partial charge is 0.166 e. The molecule has 1 unspecified atom stereocenters. The van der Waals surface area contributed by atoms with Crippen LogP contribution in [0.2, 0.25) is 0 Å². The van der Waals surface area contributed by atoms with Gasteiger partial charge in [0.1, 0.15) is 13.2 Å². The van der Waals surface area contributed by atoms with Crippen molar-refractivity contribution < 1.29 is 9.47 Å². The largest absolute Gasteiger partial charge is 0.486 e. The summed E-state index contributed by atoms with van der Waals surface area (Å²) in [4.78, 5) is 0. The number of thioether (sulfide) groups is 1. The summed E-state index contributed by atoms with van der Waals surface area (Å²) in [7, 11) is 0. The van der Waals surface area contributed by atoms with Gasteiger partial charge >= 0.3 is 0 Å². The summed E-state index contributed by atoms with van der Waals surface area (Å²) in [5, 5.41) is 3.68. The highest BCUT2D eigenvalue weighted by Gasteiger charge is 2.29. The van der Waals surface area contributed by atoms with Crippen molar-refractivity contribution in [2.24, 2.45) is 0 Å². The molecule has 5 heteroatoms. The molecule has 0 saturated carbocycles. The van der Waals surface area contributed by atoms with Crippen molar-refractivity contribution in [1.29, 1.82) is 0 Å². The van der Waals surface area contributed by atoms with Gasteiger partial charge in [-0.1, -0.05) is 22.9 Å². The van der Waals surface area contributed by atoms with Gasteiger partial charge in [0.25, 0.3) is 0 Å². The average molecular weight is 358 g/mol. The lowest BCUT2D eigenvalue weighted by Crippen LogP contribution is -2.25. The van der Waals surface area contributed by atoms with Gasteiger partial charge in [0, 0.05) is 21.8 Å². The van der Waals surface area contributed by atoms with Crippen LogP contribution in [0.15, 0.2) is 10.5 Å². The van der Waals surface area contributed by atoms with Crippen LogP contribution in [-0.4, -0.2) is 25.5 Å². The lowest BCUT2D eigenvalue weighted by molar-refractivity contribution is 0.168. The molecule has 0 amide bonds. The summed E-state index contributed by atoms with van der Waals surface area (Å²) in [5.41, 5.74) is 2.68. The van der Waals surface area contributed by atoms with E-state index in [1.54, 1.807) is 0 Å². The Hall–Kier alpha value is -0.390. The molecular weight excluding hydrogens is 338 g/mol. The van der Waals surface area contributed by atoms with E-state index < -0.39 is 0 Å². The Kier molecular flexibility index (Phi) is 4.79. The second-order valence-corrected chi connectivity index (χ2v) is 7.08. The lowest BCUT2D eigenvalue weighted by atomic mass is 9.97. The van der Waals surface area contributed by atoms with Gasteiger partial charge in [0.05, 0.1) is 0 Å². The summed E-state index contributed by atoms with van der Waals surface area (Å²) >= 11 is 5.71. The first-order valence-electron chi connectivity index (χ1n) is 7.23. The van der Waals surface area contributed by atoms with Crippen LogP contribution in [0.25, 0.3) is 0 Å². The summed E-state index contributed by atoms with van der Waals surface area (Å²) < 4.78 is 12.9. The van der Waals surface area contributed by atoms with E-state index in [0.29, 0.717) is 19.3 Å². The Bertz CT molecular complexity index is 495. The van der Waals surface area contributed by atoms with E-state index in [-0.39, 0.29) is 0 Å². The van der Waals surface area contributed by atoms with Crippen molar-refractivity contribution in [2.75, 3.05) is 25.5 Å². The first-order chi connectivity index (χ1) is 9.81. The minimum absolute atomic E-state index is 0.368. The Morgan fingerprint density at radius 1 is 1.40 bits per heavy atom. The summed E-state index contributed by atoms with van der Waals surface area (Å²) in [6.07, 6.45) is 2.29. The molecule has 2 aliphatic heterocycles. The molecule has 1 atom stereocenters. The van der Waals surface area contributed by atoms with E-state index in [1.807, 2.05) is 11.8 Å². The third kappa shape index (κ3) is 2.81. The standard InChI is InChI=1S/C15H20BrNO2S/c1-2-4-17-12-3-7-20-9-10-11(16)8-13-15(14(10)12)19-6-5-18-13/h8,12,17H,2-7,9H2,1H3. The Labute approximate surface area is 132 Å². The summed E-state index contributed by atoms with van der Waals surface area (Å²) in [6.45, 7) is 4.53. The van der Waals surface area contributed by atoms with Gasteiger partial charge < -0.3 is 14.8 Å². The fourth-order valence-electron chi connectivity index (χ4n) is 2.78. The molecule has 1 N–H and O–H groups in total. The van der Waals surface area contributed by atoms with Crippen molar-refractivity contribution in [3.05, 3.63) is 21.7 Å². The third-order valence-electron chi connectivity index (χ3n) is 3.71. The second kappa shape index (κ2) is 6.58. The molecule has 0 spiro atoms. The predicted molar refractivity (Wildman–Crippen MR) is 86.9 cm³/mol. The van der Waals surface area contributed by atoms with E-state index >= 15 is 0 Å². The van der Waals surface area contributed by atoms with Crippen molar-refractivity contribution >= 4 is 27.7 Å². The molecule has 20 heavy (non-hydrogen) atoms. The number of hydrogen-bond donors (Lipinski definition) is 1. The maximum Gasteiger partial charge on any atom is 0.166 e. The molecule has 3 nitrogen and oxygen atoms in total. The maximum atomic E-state index is 5.95. The van der Waals surface area contributed by atoms with E-state index in [0.717, 1.165) is 41.1 Å². The highest BCUT2D eigenvalue weighted by atomic mass is 79.9. The third-order valence-corrected chi connectivity index (χ3v) is 5.44. The van der Waals surface area contributed by atoms with Gasteiger partial charge in [-0.2, -0.15) is 11.8 Å². The van der Waals surface area contributed by atoms with Crippen LogP contribution < -0.4 is 14.8 Å². The minimum atomic E-state index is 0.368. The first-order valence-corrected chi connectivity index (χ1v) is 9.18.